The second-order valence-electron chi connectivity index (χ2n) is 2.71. The fourth-order valence-corrected chi connectivity index (χ4v) is 1.24. The van der Waals surface area contributed by atoms with Crippen LogP contribution in [0.3, 0.4) is 0 Å². The standard InChI is InChI=1S/C10H19NO4/c1-4-13-10(14-5-2,15-6-3)7-8-11-9-12/h4-8H2,1-3H3. The van der Waals surface area contributed by atoms with Gasteiger partial charge < -0.3 is 14.2 Å². The average Bonchev–Trinajstić information content (AvgIpc) is 2.19. The molecule has 0 aromatic carbocycles. The lowest BCUT2D eigenvalue weighted by Gasteiger charge is -2.31. The molecule has 0 radical (unpaired) electrons. The second kappa shape index (κ2) is 8.56. The SMILES string of the molecule is CCOC(CCN=C=O)(OCC)OCC. The van der Waals surface area contributed by atoms with Gasteiger partial charge >= 0.3 is 0 Å². The second-order valence-corrected chi connectivity index (χ2v) is 2.71. The van der Waals surface area contributed by atoms with E-state index in [4.69, 9.17) is 14.2 Å². The van der Waals surface area contributed by atoms with Crippen molar-refractivity contribution in [3.8, 4) is 0 Å². The van der Waals surface area contributed by atoms with Gasteiger partial charge in [0.2, 0.25) is 6.08 Å². The number of rotatable bonds is 9. The van der Waals surface area contributed by atoms with E-state index in [1.807, 2.05) is 20.8 Å². The number of isocyanates is 1. The van der Waals surface area contributed by atoms with E-state index >= 15 is 0 Å². The first kappa shape index (κ1) is 14.3. The van der Waals surface area contributed by atoms with Crippen molar-refractivity contribution in [2.24, 2.45) is 4.99 Å². The summed E-state index contributed by atoms with van der Waals surface area (Å²) in [6, 6.07) is 0. The number of hydrogen-bond acceptors (Lipinski definition) is 5. The molecular formula is C10H19NO4. The van der Waals surface area contributed by atoms with Crippen molar-refractivity contribution in [1.82, 2.24) is 0 Å². The van der Waals surface area contributed by atoms with Crippen molar-refractivity contribution >= 4 is 6.08 Å². The van der Waals surface area contributed by atoms with Gasteiger partial charge in [-0.1, -0.05) is 0 Å². The molecule has 0 spiro atoms. The molecule has 0 aliphatic carbocycles. The summed E-state index contributed by atoms with van der Waals surface area (Å²) in [6.45, 7) is 7.28. The van der Waals surface area contributed by atoms with Crippen molar-refractivity contribution in [2.45, 2.75) is 33.2 Å². The zero-order chi connectivity index (χ0) is 11.6. The molecule has 0 aromatic heterocycles. The molecule has 0 bridgehead atoms. The van der Waals surface area contributed by atoms with E-state index in [9.17, 15) is 4.79 Å². The fourth-order valence-electron chi connectivity index (χ4n) is 1.24. The highest BCUT2D eigenvalue weighted by atomic mass is 16.9. The van der Waals surface area contributed by atoms with Crippen molar-refractivity contribution < 1.29 is 19.0 Å². The maximum atomic E-state index is 9.95. The Morgan fingerprint density at radius 3 is 1.87 bits per heavy atom. The maximum Gasteiger partial charge on any atom is 0.284 e. The van der Waals surface area contributed by atoms with Gasteiger partial charge in [0.25, 0.3) is 5.97 Å². The van der Waals surface area contributed by atoms with Crippen LogP contribution in [-0.2, 0) is 19.0 Å². The van der Waals surface area contributed by atoms with Crippen LogP contribution < -0.4 is 0 Å². The number of aliphatic imine (C=N–C) groups is 1. The molecule has 0 aromatic rings. The predicted octanol–water partition coefficient (Wildman–Crippen LogP) is 1.48. The van der Waals surface area contributed by atoms with Gasteiger partial charge in [-0.05, 0) is 20.8 Å². The van der Waals surface area contributed by atoms with Crippen LogP contribution in [0.2, 0.25) is 0 Å². The minimum atomic E-state index is -1.07. The smallest absolute Gasteiger partial charge is 0.284 e. The Kier molecular flexibility index (Phi) is 8.14. The fraction of sp³-hybridized carbons (Fsp3) is 0.900. The van der Waals surface area contributed by atoms with E-state index in [1.165, 1.54) is 6.08 Å². The van der Waals surface area contributed by atoms with Crippen molar-refractivity contribution in [2.75, 3.05) is 26.4 Å². The third-order valence-electron chi connectivity index (χ3n) is 1.69. The van der Waals surface area contributed by atoms with Gasteiger partial charge in [0.05, 0.1) is 6.54 Å². The van der Waals surface area contributed by atoms with Gasteiger partial charge in [0, 0.05) is 26.2 Å². The van der Waals surface area contributed by atoms with Gasteiger partial charge in [-0.15, -0.1) is 0 Å². The summed E-state index contributed by atoms with van der Waals surface area (Å²) in [7, 11) is 0. The molecule has 0 aliphatic rings. The van der Waals surface area contributed by atoms with Crippen LogP contribution in [0.15, 0.2) is 4.99 Å². The summed E-state index contributed by atoms with van der Waals surface area (Å²) in [4.78, 5) is 13.4. The van der Waals surface area contributed by atoms with E-state index in [2.05, 4.69) is 4.99 Å². The van der Waals surface area contributed by atoms with Crippen LogP contribution in [0, 0.1) is 0 Å². The van der Waals surface area contributed by atoms with E-state index in [-0.39, 0.29) is 6.54 Å². The van der Waals surface area contributed by atoms with Gasteiger partial charge in [0.15, 0.2) is 0 Å². The number of nitrogens with zero attached hydrogens (tertiary/aromatic N) is 1. The van der Waals surface area contributed by atoms with Crippen LogP contribution in [0.25, 0.3) is 0 Å². The molecule has 0 saturated carbocycles. The molecule has 15 heavy (non-hydrogen) atoms. The van der Waals surface area contributed by atoms with Crippen molar-refractivity contribution in [3.63, 3.8) is 0 Å². The highest BCUT2D eigenvalue weighted by Gasteiger charge is 2.31. The average molecular weight is 217 g/mol. The van der Waals surface area contributed by atoms with Crippen LogP contribution in [0.5, 0.6) is 0 Å². The summed E-state index contributed by atoms with van der Waals surface area (Å²) >= 11 is 0. The van der Waals surface area contributed by atoms with Gasteiger partial charge in [0.1, 0.15) is 0 Å². The van der Waals surface area contributed by atoms with E-state index in [1.54, 1.807) is 0 Å². The molecule has 0 fully saturated rings. The molecule has 88 valence electrons. The monoisotopic (exact) mass is 217 g/mol. The summed E-state index contributed by atoms with van der Waals surface area (Å²) in [5.74, 6) is -1.07. The predicted molar refractivity (Wildman–Crippen MR) is 55.2 cm³/mol. The van der Waals surface area contributed by atoms with Gasteiger partial charge in [-0.25, -0.2) is 9.79 Å². The van der Waals surface area contributed by atoms with Crippen LogP contribution in [0.1, 0.15) is 27.2 Å². The first-order valence-electron chi connectivity index (χ1n) is 5.20. The minimum Gasteiger partial charge on any atom is -0.328 e. The molecule has 5 nitrogen and oxygen atoms in total. The molecule has 0 heterocycles. The zero-order valence-corrected chi connectivity index (χ0v) is 9.62. The summed E-state index contributed by atoms with van der Waals surface area (Å²) in [5, 5.41) is 0. The molecule has 0 aliphatic heterocycles. The Bertz CT molecular complexity index is 185. The quantitative estimate of drug-likeness (QED) is 0.333. The highest BCUT2D eigenvalue weighted by molar-refractivity contribution is 5.32. The molecule has 0 amide bonds. The Morgan fingerprint density at radius 2 is 1.53 bits per heavy atom. The minimum absolute atomic E-state index is 0.281. The topological polar surface area (TPSA) is 57.1 Å². The zero-order valence-electron chi connectivity index (χ0n) is 9.62. The Hall–Kier alpha value is -0.740. The van der Waals surface area contributed by atoms with E-state index < -0.39 is 5.97 Å². The number of ether oxygens (including phenoxy) is 3. The normalized spacial score (nSPS) is 11.1. The van der Waals surface area contributed by atoms with Crippen molar-refractivity contribution in [1.29, 1.82) is 0 Å². The van der Waals surface area contributed by atoms with E-state index in [0.29, 0.717) is 26.2 Å². The first-order chi connectivity index (χ1) is 7.24. The lowest BCUT2D eigenvalue weighted by atomic mass is 10.3. The number of hydrogen-bond donors (Lipinski definition) is 0. The highest BCUT2D eigenvalue weighted by Crippen LogP contribution is 2.20. The first-order valence-corrected chi connectivity index (χ1v) is 5.20. The van der Waals surface area contributed by atoms with E-state index in [0.717, 1.165) is 0 Å². The Balaban J connectivity index is 4.36. The molecule has 5 heteroatoms. The molecule has 0 unspecified atom stereocenters. The lowest BCUT2D eigenvalue weighted by molar-refractivity contribution is -0.378. The Labute approximate surface area is 90.4 Å². The van der Waals surface area contributed by atoms with Gasteiger partial charge in [-0.2, -0.15) is 0 Å². The molecule has 0 atom stereocenters. The van der Waals surface area contributed by atoms with Gasteiger partial charge in [-0.3, -0.25) is 0 Å². The third-order valence-corrected chi connectivity index (χ3v) is 1.69. The molecule has 0 rings (SSSR count). The molecule has 0 N–H and O–H groups in total. The Morgan fingerprint density at radius 1 is 1.07 bits per heavy atom. The van der Waals surface area contributed by atoms with Crippen LogP contribution in [0.4, 0.5) is 0 Å². The maximum absolute atomic E-state index is 9.95. The third kappa shape index (κ3) is 5.64. The summed E-state index contributed by atoms with van der Waals surface area (Å²) in [6.07, 6.45) is 1.86. The molecule has 0 saturated heterocycles. The number of carbonyl (C=O) groups excluding carboxylic acids is 1. The van der Waals surface area contributed by atoms with Crippen LogP contribution in [-0.4, -0.2) is 38.4 Å². The lowest BCUT2D eigenvalue weighted by Crippen LogP contribution is -2.40. The molecular weight excluding hydrogens is 198 g/mol. The van der Waals surface area contributed by atoms with Crippen LogP contribution >= 0.6 is 0 Å². The summed E-state index contributed by atoms with van der Waals surface area (Å²) < 4.78 is 16.3. The van der Waals surface area contributed by atoms with Crippen molar-refractivity contribution in [3.05, 3.63) is 0 Å². The summed E-state index contributed by atoms with van der Waals surface area (Å²) in [5.41, 5.74) is 0. The largest absolute Gasteiger partial charge is 0.328 e.